The number of hydrogen-bond donors (Lipinski definition) is 2. The summed E-state index contributed by atoms with van der Waals surface area (Å²) in [5.41, 5.74) is 5.54. The number of nitrogens with one attached hydrogen (secondary N) is 2. The van der Waals surface area contributed by atoms with Gasteiger partial charge in [0, 0.05) is 42.1 Å². The van der Waals surface area contributed by atoms with Gasteiger partial charge in [-0.05, 0) is 76.9 Å². The molecule has 0 saturated heterocycles. The van der Waals surface area contributed by atoms with Crippen molar-refractivity contribution >= 4 is 70.8 Å². The number of halogens is 3. The van der Waals surface area contributed by atoms with Crippen LogP contribution in [0.1, 0.15) is 43.0 Å². The second-order valence-corrected chi connectivity index (χ2v) is 9.43. The Kier molecular flexibility index (Phi) is 10.5. The molecule has 0 unspecified atom stereocenters. The van der Waals surface area contributed by atoms with Crippen LogP contribution in [0, 0.1) is 5.92 Å². The molecule has 0 amide bonds. The predicted molar refractivity (Wildman–Crippen MR) is 154 cm³/mol. The number of anilines is 1. The highest BCUT2D eigenvalue weighted by molar-refractivity contribution is 6.06. The number of H-pyrrole nitrogens is 1. The molecule has 4 aromatic heterocycles. The molecule has 1 aliphatic rings. The molecule has 0 spiro atoms. The minimum absolute atomic E-state index is 0. The zero-order valence-electron chi connectivity index (χ0n) is 20.7. The molecule has 7 nitrogen and oxygen atoms in total. The normalized spacial score (nSPS) is 17.2. The number of pyridine rings is 3. The monoisotopic (exact) mass is 550 g/mol. The molecule has 0 atom stereocenters. The Bertz CT molecular complexity index is 1320. The fraction of sp³-hybridized carbons (Fsp3) is 0.385. The number of carbonyl (C=O) groups is 1. The maximum atomic E-state index is 12.5. The van der Waals surface area contributed by atoms with E-state index in [1.807, 2.05) is 30.6 Å². The fourth-order valence-electron chi connectivity index (χ4n) is 4.93. The largest absolute Gasteiger partial charge is 0.380 e. The van der Waals surface area contributed by atoms with E-state index in [0.29, 0.717) is 11.6 Å². The molecular weight excluding hydrogens is 519 g/mol. The maximum absolute atomic E-state index is 12.5. The molecule has 10 heteroatoms. The Morgan fingerprint density at radius 2 is 1.81 bits per heavy atom. The van der Waals surface area contributed by atoms with Crippen molar-refractivity contribution < 1.29 is 4.79 Å². The lowest BCUT2D eigenvalue weighted by molar-refractivity contribution is 0.101. The minimum atomic E-state index is -0.00388. The van der Waals surface area contributed by atoms with Gasteiger partial charge >= 0.3 is 0 Å². The molecule has 0 aliphatic heterocycles. The number of aromatic amines is 1. The Morgan fingerprint density at radius 3 is 2.50 bits per heavy atom. The number of nitrogens with zero attached hydrogens (tertiary/aromatic N) is 4. The van der Waals surface area contributed by atoms with Crippen LogP contribution in [-0.4, -0.2) is 57.3 Å². The number of Topliss-reactive ketones (excluding diaryl/α,β-unsaturated/α-hetero) is 1. The van der Waals surface area contributed by atoms with Crippen molar-refractivity contribution in [3.8, 4) is 11.3 Å². The van der Waals surface area contributed by atoms with Crippen LogP contribution in [0.2, 0.25) is 0 Å². The smallest absolute Gasteiger partial charge is 0.163 e. The van der Waals surface area contributed by atoms with E-state index in [4.69, 9.17) is 4.98 Å². The highest BCUT2D eigenvalue weighted by atomic mass is 35.5. The Morgan fingerprint density at radius 1 is 1.06 bits per heavy atom. The summed E-state index contributed by atoms with van der Waals surface area (Å²) in [4.78, 5) is 31.9. The quantitative estimate of drug-likeness (QED) is 0.279. The first-order chi connectivity index (χ1) is 16.0. The van der Waals surface area contributed by atoms with E-state index in [-0.39, 0.29) is 43.0 Å². The van der Waals surface area contributed by atoms with Crippen molar-refractivity contribution in [1.29, 1.82) is 0 Å². The van der Waals surface area contributed by atoms with Crippen molar-refractivity contribution in [2.45, 2.75) is 38.6 Å². The van der Waals surface area contributed by atoms with E-state index in [9.17, 15) is 4.79 Å². The number of hydrogen-bond acceptors (Lipinski definition) is 6. The van der Waals surface area contributed by atoms with Gasteiger partial charge in [-0.25, -0.2) is 9.97 Å². The zero-order chi connectivity index (χ0) is 22.9. The topological polar surface area (TPSA) is 86.8 Å². The molecule has 1 fully saturated rings. The summed E-state index contributed by atoms with van der Waals surface area (Å²) in [5.74, 6) is 0.732. The standard InChI is InChI=1S/C26H30N6O.3ClH/c1-16(33)21-14-28-23-9-8-22(19-12-18-10-11-27-26(18)29-13-19)31-25(23)24(21)30-20-6-4-17(5-7-20)15-32(2)3;;;/h8-14,17,20H,4-7,15H2,1-3H3,(H,27,29)(H,28,30);3*1H. The molecule has 2 N–H and O–H groups in total. The number of aromatic nitrogens is 4. The first-order valence-electron chi connectivity index (χ1n) is 11.6. The first-order valence-corrected chi connectivity index (χ1v) is 11.6. The molecule has 4 aromatic rings. The van der Waals surface area contributed by atoms with Crippen LogP contribution in [0.4, 0.5) is 5.69 Å². The summed E-state index contributed by atoms with van der Waals surface area (Å²) >= 11 is 0. The van der Waals surface area contributed by atoms with Gasteiger partial charge in [0.25, 0.3) is 0 Å². The van der Waals surface area contributed by atoms with Crippen LogP contribution in [0.5, 0.6) is 0 Å². The predicted octanol–water partition coefficient (Wildman–Crippen LogP) is 6.17. The van der Waals surface area contributed by atoms with Gasteiger partial charge in [-0.3, -0.25) is 9.78 Å². The van der Waals surface area contributed by atoms with Gasteiger partial charge in [-0.15, -0.1) is 37.2 Å². The van der Waals surface area contributed by atoms with Gasteiger partial charge in [0.15, 0.2) is 5.78 Å². The molecule has 0 bridgehead atoms. The Hall–Kier alpha value is -2.45. The molecule has 0 aromatic carbocycles. The molecule has 0 radical (unpaired) electrons. The second kappa shape index (κ2) is 12.7. The summed E-state index contributed by atoms with van der Waals surface area (Å²) in [5, 5.41) is 4.73. The fourth-order valence-corrected chi connectivity index (χ4v) is 4.93. The lowest BCUT2D eigenvalue weighted by Gasteiger charge is -2.31. The molecule has 194 valence electrons. The average Bonchev–Trinajstić information content (AvgIpc) is 3.27. The maximum Gasteiger partial charge on any atom is 0.163 e. The summed E-state index contributed by atoms with van der Waals surface area (Å²) < 4.78 is 0. The number of carbonyl (C=O) groups excluding carboxylic acids is 1. The van der Waals surface area contributed by atoms with E-state index < -0.39 is 0 Å². The van der Waals surface area contributed by atoms with Crippen molar-refractivity contribution in [3.05, 3.63) is 48.4 Å². The molecule has 36 heavy (non-hydrogen) atoms. The Labute approximate surface area is 230 Å². The number of ketones is 1. The third-order valence-electron chi connectivity index (χ3n) is 6.61. The third kappa shape index (κ3) is 6.27. The van der Waals surface area contributed by atoms with Gasteiger partial charge in [0.2, 0.25) is 0 Å². The molecule has 5 rings (SSSR count). The van der Waals surface area contributed by atoms with Crippen molar-refractivity contribution in [3.63, 3.8) is 0 Å². The van der Waals surface area contributed by atoms with Crippen LogP contribution in [0.25, 0.3) is 33.3 Å². The third-order valence-corrected chi connectivity index (χ3v) is 6.61. The summed E-state index contributed by atoms with van der Waals surface area (Å²) in [6.07, 6.45) is 9.95. The van der Waals surface area contributed by atoms with E-state index in [0.717, 1.165) is 64.3 Å². The van der Waals surface area contributed by atoms with Gasteiger partial charge in [0.1, 0.15) is 11.2 Å². The summed E-state index contributed by atoms with van der Waals surface area (Å²) in [6.45, 7) is 2.73. The van der Waals surface area contributed by atoms with Crippen molar-refractivity contribution in [2.75, 3.05) is 26.0 Å². The second-order valence-electron chi connectivity index (χ2n) is 9.43. The van der Waals surface area contributed by atoms with E-state index >= 15 is 0 Å². The van der Waals surface area contributed by atoms with E-state index in [1.54, 1.807) is 13.1 Å². The van der Waals surface area contributed by atoms with Crippen molar-refractivity contribution in [2.24, 2.45) is 5.92 Å². The van der Waals surface area contributed by atoms with Crippen LogP contribution in [-0.2, 0) is 0 Å². The zero-order valence-corrected chi connectivity index (χ0v) is 23.1. The van der Waals surface area contributed by atoms with Gasteiger partial charge in [0.05, 0.1) is 22.5 Å². The van der Waals surface area contributed by atoms with Crippen molar-refractivity contribution in [1.82, 2.24) is 24.8 Å². The van der Waals surface area contributed by atoms with Gasteiger partial charge in [-0.2, -0.15) is 0 Å². The number of fused-ring (bicyclic) bond motifs is 2. The molecule has 4 heterocycles. The lowest BCUT2D eigenvalue weighted by Crippen LogP contribution is -2.31. The summed E-state index contributed by atoms with van der Waals surface area (Å²) in [7, 11) is 4.28. The SMILES string of the molecule is CC(=O)c1cnc2ccc(-c3cnc4[nH]ccc4c3)nc2c1NC1CCC(CN(C)C)CC1.Cl.Cl.Cl. The molecule has 1 aliphatic carbocycles. The molecule has 1 saturated carbocycles. The first kappa shape index (κ1) is 29.8. The Balaban J connectivity index is 0.00000152. The van der Waals surface area contributed by atoms with Gasteiger partial charge < -0.3 is 15.2 Å². The highest BCUT2D eigenvalue weighted by Crippen LogP contribution is 2.32. The van der Waals surface area contributed by atoms with Crippen LogP contribution in [0.3, 0.4) is 0 Å². The molecular formula is C26H33Cl3N6O. The summed E-state index contributed by atoms with van der Waals surface area (Å²) in [6, 6.07) is 8.35. The highest BCUT2D eigenvalue weighted by Gasteiger charge is 2.24. The van der Waals surface area contributed by atoms with Crippen LogP contribution in [0.15, 0.2) is 42.9 Å². The van der Waals surface area contributed by atoms with E-state index in [2.05, 4.69) is 45.3 Å². The lowest BCUT2D eigenvalue weighted by atomic mass is 9.85. The van der Waals surface area contributed by atoms with Crippen LogP contribution < -0.4 is 5.32 Å². The van der Waals surface area contributed by atoms with Gasteiger partial charge in [-0.1, -0.05) is 0 Å². The minimum Gasteiger partial charge on any atom is -0.380 e. The van der Waals surface area contributed by atoms with Crippen LogP contribution >= 0.6 is 37.2 Å². The van der Waals surface area contributed by atoms with E-state index in [1.165, 1.54) is 12.8 Å². The average molecular weight is 552 g/mol. The number of rotatable bonds is 6.